The topological polar surface area (TPSA) is 53.4 Å². The molecule has 1 aliphatic rings. The predicted octanol–water partition coefficient (Wildman–Crippen LogP) is 2.02. The monoisotopic (exact) mass is 220 g/mol. The first kappa shape index (κ1) is 10.9. The number of rotatable bonds is 3. The summed E-state index contributed by atoms with van der Waals surface area (Å²) >= 11 is 0. The van der Waals surface area contributed by atoms with Gasteiger partial charge in [-0.05, 0) is 24.5 Å². The quantitative estimate of drug-likeness (QED) is 0.846. The molecule has 2 heterocycles. The Morgan fingerprint density at radius 3 is 3.12 bits per heavy atom. The van der Waals surface area contributed by atoms with E-state index in [1.54, 1.807) is 6.07 Å². The summed E-state index contributed by atoms with van der Waals surface area (Å²) in [5.74, 6) is -0.266. The molecule has 1 aliphatic heterocycles. The number of carboxylic acids is 1. The molecule has 0 saturated carbocycles. The van der Waals surface area contributed by atoms with Crippen LogP contribution >= 0.6 is 0 Å². The molecular weight excluding hydrogens is 204 g/mol. The molecule has 0 spiro atoms. The zero-order valence-corrected chi connectivity index (χ0v) is 9.39. The molecule has 0 unspecified atom stereocenters. The molecule has 0 aliphatic carbocycles. The van der Waals surface area contributed by atoms with E-state index in [0.717, 1.165) is 31.6 Å². The predicted molar refractivity (Wildman–Crippen MR) is 61.8 cm³/mol. The molecule has 0 radical (unpaired) electrons. The number of hydrogen-bond acceptors (Lipinski definition) is 3. The zero-order chi connectivity index (χ0) is 11.5. The van der Waals surface area contributed by atoms with E-state index >= 15 is 0 Å². The van der Waals surface area contributed by atoms with Crippen molar-refractivity contribution in [2.24, 2.45) is 5.92 Å². The summed E-state index contributed by atoms with van der Waals surface area (Å²) in [7, 11) is 0. The summed E-state index contributed by atoms with van der Waals surface area (Å²) in [6, 6.07) is 3.63. The van der Waals surface area contributed by atoms with Crippen molar-refractivity contribution in [2.75, 3.05) is 18.0 Å². The van der Waals surface area contributed by atoms with E-state index in [-0.39, 0.29) is 5.69 Å². The van der Waals surface area contributed by atoms with Gasteiger partial charge in [-0.2, -0.15) is 0 Å². The van der Waals surface area contributed by atoms with Crippen molar-refractivity contribution in [3.8, 4) is 0 Å². The fourth-order valence-electron chi connectivity index (χ4n) is 2.20. The van der Waals surface area contributed by atoms with Gasteiger partial charge in [0.2, 0.25) is 0 Å². The highest BCUT2D eigenvalue weighted by atomic mass is 16.4. The van der Waals surface area contributed by atoms with E-state index in [1.807, 2.05) is 6.07 Å². The first-order valence-corrected chi connectivity index (χ1v) is 5.65. The molecule has 4 heteroatoms. The molecule has 0 bridgehead atoms. The first-order valence-electron chi connectivity index (χ1n) is 5.65. The van der Waals surface area contributed by atoms with Crippen LogP contribution in [0, 0.1) is 5.92 Å². The molecule has 1 N–H and O–H groups in total. The molecule has 1 aromatic rings. The number of anilines is 1. The van der Waals surface area contributed by atoms with E-state index in [2.05, 4.69) is 16.8 Å². The van der Waals surface area contributed by atoms with Gasteiger partial charge in [0.1, 0.15) is 0 Å². The second kappa shape index (κ2) is 4.51. The smallest absolute Gasteiger partial charge is 0.356 e. The Labute approximate surface area is 94.9 Å². The highest BCUT2D eigenvalue weighted by Gasteiger charge is 2.24. The second-order valence-electron chi connectivity index (χ2n) is 4.19. The van der Waals surface area contributed by atoms with Crippen molar-refractivity contribution < 1.29 is 9.90 Å². The van der Waals surface area contributed by atoms with Gasteiger partial charge in [0, 0.05) is 19.3 Å². The van der Waals surface area contributed by atoms with Crippen molar-refractivity contribution in [2.45, 2.75) is 19.8 Å². The van der Waals surface area contributed by atoms with Gasteiger partial charge in [0.15, 0.2) is 5.69 Å². The van der Waals surface area contributed by atoms with Gasteiger partial charge in [0.25, 0.3) is 0 Å². The number of nitrogens with zero attached hydrogens (tertiary/aromatic N) is 2. The van der Waals surface area contributed by atoms with Gasteiger partial charge in [-0.25, -0.2) is 9.78 Å². The standard InChI is InChI=1S/C12H16N2O2/c1-2-9-5-7-14(8-9)10-4-3-6-13-11(10)12(15)16/h3-4,6,9H,2,5,7-8H2,1H3,(H,15,16)/t9-/m1/s1. The third-order valence-corrected chi connectivity index (χ3v) is 3.19. The van der Waals surface area contributed by atoms with Crippen LogP contribution in [0.1, 0.15) is 30.3 Å². The summed E-state index contributed by atoms with van der Waals surface area (Å²) in [6.45, 7) is 4.06. The van der Waals surface area contributed by atoms with E-state index in [4.69, 9.17) is 5.11 Å². The van der Waals surface area contributed by atoms with E-state index in [0.29, 0.717) is 5.92 Å². The largest absolute Gasteiger partial charge is 0.476 e. The fraction of sp³-hybridized carbons (Fsp3) is 0.500. The molecule has 1 atom stereocenters. The highest BCUT2D eigenvalue weighted by Crippen LogP contribution is 2.27. The molecule has 16 heavy (non-hydrogen) atoms. The van der Waals surface area contributed by atoms with Crippen LogP contribution in [0.4, 0.5) is 5.69 Å². The molecule has 0 aromatic carbocycles. The van der Waals surface area contributed by atoms with E-state index in [1.165, 1.54) is 6.20 Å². The lowest BCUT2D eigenvalue weighted by molar-refractivity contribution is 0.0691. The van der Waals surface area contributed by atoms with Crippen LogP contribution < -0.4 is 4.90 Å². The third-order valence-electron chi connectivity index (χ3n) is 3.19. The van der Waals surface area contributed by atoms with Gasteiger partial charge in [-0.15, -0.1) is 0 Å². The first-order chi connectivity index (χ1) is 7.72. The average molecular weight is 220 g/mol. The van der Waals surface area contributed by atoms with Gasteiger partial charge in [-0.1, -0.05) is 13.3 Å². The minimum absolute atomic E-state index is 0.166. The third kappa shape index (κ3) is 2.01. The highest BCUT2D eigenvalue weighted by molar-refractivity contribution is 5.92. The van der Waals surface area contributed by atoms with Crippen LogP contribution in [0.25, 0.3) is 0 Å². The molecule has 1 fully saturated rings. The second-order valence-corrected chi connectivity index (χ2v) is 4.19. The fourth-order valence-corrected chi connectivity index (χ4v) is 2.20. The van der Waals surface area contributed by atoms with Gasteiger partial charge < -0.3 is 10.0 Å². The number of pyridine rings is 1. The Morgan fingerprint density at radius 2 is 2.50 bits per heavy atom. The normalized spacial score (nSPS) is 20.1. The maximum absolute atomic E-state index is 11.0. The van der Waals surface area contributed by atoms with Crippen molar-refractivity contribution in [1.82, 2.24) is 4.98 Å². The van der Waals surface area contributed by atoms with Gasteiger partial charge in [0.05, 0.1) is 5.69 Å². The molecule has 1 aromatic heterocycles. The van der Waals surface area contributed by atoms with E-state index in [9.17, 15) is 4.79 Å². The summed E-state index contributed by atoms with van der Waals surface area (Å²) in [5, 5.41) is 9.06. The summed E-state index contributed by atoms with van der Waals surface area (Å²) in [4.78, 5) is 17.1. The number of aromatic nitrogens is 1. The van der Waals surface area contributed by atoms with Crippen LogP contribution in [0.3, 0.4) is 0 Å². The van der Waals surface area contributed by atoms with E-state index < -0.39 is 5.97 Å². The van der Waals surface area contributed by atoms with Crippen LogP contribution in [0.2, 0.25) is 0 Å². The molecule has 4 nitrogen and oxygen atoms in total. The number of carbonyl (C=O) groups is 1. The average Bonchev–Trinajstić information content (AvgIpc) is 2.77. The lowest BCUT2D eigenvalue weighted by Crippen LogP contribution is -2.22. The maximum atomic E-state index is 11.0. The number of hydrogen-bond donors (Lipinski definition) is 1. The van der Waals surface area contributed by atoms with Crippen molar-refractivity contribution in [3.05, 3.63) is 24.0 Å². The Morgan fingerprint density at radius 1 is 1.69 bits per heavy atom. The molecule has 2 rings (SSSR count). The van der Waals surface area contributed by atoms with Crippen molar-refractivity contribution in [3.63, 3.8) is 0 Å². The Bertz CT molecular complexity index is 392. The summed E-state index contributed by atoms with van der Waals surface area (Å²) in [6.07, 6.45) is 3.82. The Balaban J connectivity index is 2.24. The van der Waals surface area contributed by atoms with Crippen molar-refractivity contribution >= 4 is 11.7 Å². The van der Waals surface area contributed by atoms with Gasteiger partial charge in [-0.3, -0.25) is 0 Å². The Hall–Kier alpha value is -1.58. The summed E-state index contributed by atoms with van der Waals surface area (Å²) < 4.78 is 0. The van der Waals surface area contributed by atoms with Gasteiger partial charge >= 0.3 is 5.97 Å². The maximum Gasteiger partial charge on any atom is 0.356 e. The SMILES string of the molecule is CC[C@@H]1CCN(c2cccnc2C(=O)O)C1. The van der Waals surface area contributed by atoms with Crippen LogP contribution in [0.15, 0.2) is 18.3 Å². The number of aromatic carboxylic acids is 1. The summed E-state index contributed by atoms with van der Waals surface area (Å²) in [5.41, 5.74) is 0.921. The zero-order valence-electron chi connectivity index (χ0n) is 9.39. The lowest BCUT2D eigenvalue weighted by atomic mass is 10.1. The lowest BCUT2D eigenvalue weighted by Gasteiger charge is -2.19. The minimum atomic E-state index is -0.949. The van der Waals surface area contributed by atoms with Crippen LogP contribution in [0.5, 0.6) is 0 Å². The molecular formula is C12H16N2O2. The number of carboxylic acid groups (broad SMARTS) is 1. The minimum Gasteiger partial charge on any atom is -0.476 e. The molecule has 1 saturated heterocycles. The van der Waals surface area contributed by atoms with Crippen LogP contribution in [-0.4, -0.2) is 29.1 Å². The molecule has 0 amide bonds. The molecule has 86 valence electrons. The Kier molecular flexibility index (Phi) is 3.08. The van der Waals surface area contributed by atoms with Crippen molar-refractivity contribution in [1.29, 1.82) is 0 Å². The van der Waals surface area contributed by atoms with Crippen LogP contribution in [-0.2, 0) is 0 Å².